The van der Waals surface area contributed by atoms with E-state index in [1.807, 2.05) is 0 Å². The number of nitrogens with zero attached hydrogens (tertiary/aromatic N) is 1. The Bertz CT molecular complexity index is 294. The van der Waals surface area contributed by atoms with E-state index in [0.717, 1.165) is 13.0 Å². The first-order chi connectivity index (χ1) is 8.80. The molecular formula is C17H29N. The number of unbranched alkanes of at least 4 members (excludes halogenated alkanes) is 2. The quantitative estimate of drug-likeness (QED) is 0.614. The van der Waals surface area contributed by atoms with Crippen LogP contribution < -0.4 is 0 Å². The Morgan fingerprint density at radius 1 is 0.778 bits per heavy atom. The van der Waals surface area contributed by atoms with Crippen molar-refractivity contribution in [2.75, 3.05) is 13.1 Å². The highest BCUT2D eigenvalue weighted by Gasteiger charge is 2.04. The van der Waals surface area contributed by atoms with Gasteiger partial charge in [0.15, 0.2) is 0 Å². The molecule has 1 heteroatoms. The van der Waals surface area contributed by atoms with Crippen molar-refractivity contribution >= 4 is 0 Å². The van der Waals surface area contributed by atoms with Gasteiger partial charge in [-0.05, 0) is 43.5 Å². The molecule has 0 unspecified atom stereocenters. The summed E-state index contributed by atoms with van der Waals surface area (Å²) in [6, 6.07) is 9.13. The third-order valence-corrected chi connectivity index (χ3v) is 3.49. The lowest BCUT2D eigenvalue weighted by Gasteiger charge is -2.22. The molecule has 0 atom stereocenters. The molecule has 1 nitrogen and oxygen atoms in total. The number of aryl methyl sites for hydroxylation is 1. The highest BCUT2D eigenvalue weighted by molar-refractivity contribution is 5.22. The van der Waals surface area contributed by atoms with Gasteiger partial charge in [0.05, 0.1) is 0 Å². The van der Waals surface area contributed by atoms with Crippen molar-refractivity contribution in [3.63, 3.8) is 0 Å². The van der Waals surface area contributed by atoms with Crippen LogP contribution in [-0.2, 0) is 13.0 Å². The van der Waals surface area contributed by atoms with Gasteiger partial charge in [0.2, 0.25) is 0 Å². The van der Waals surface area contributed by atoms with Crippen LogP contribution in [-0.4, -0.2) is 18.0 Å². The van der Waals surface area contributed by atoms with E-state index in [2.05, 4.69) is 49.9 Å². The van der Waals surface area contributed by atoms with E-state index in [1.54, 1.807) is 0 Å². The first kappa shape index (κ1) is 15.2. The van der Waals surface area contributed by atoms with Crippen molar-refractivity contribution in [1.82, 2.24) is 4.90 Å². The molecule has 0 aliphatic rings. The minimum Gasteiger partial charge on any atom is -0.299 e. The SMILES string of the molecule is CCCCN(CCCC)Cc1ccc(CC)cc1. The van der Waals surface area contributed by atoms with Gasteiger partial charge in [0.1, 0.15) is 0 Å². The van der Waals surface area contributed by atoms with Crippen LogP contribution >= 0.6 is 0 Å². The minimum absolute atomic E-state index is 1.12. The topological polar surface area (TPSA) is 3.24 Å². The Morgan fingerprint density at radius 2 is 1.28 bits per heavy atom. The molecule has 0 aromatic heterocycles. The highest BCUT2D eigenvalue weighted by Crippen LogP contribution is 2.10. The van der Waals surface area contributed by atoms with Crippen molar-refractivity contribution in [1.29, 1.82) is 0 Å². The first-order valence-electron chi connectivity index (χ1n) is 7.60. The molecule has 0 saturated heterocycles. The van der Waals surface area contributed by atoms with Crippen LogP contribution in [0.25, 0.3) is 0 Å². The Hall–Kier alpha value is -0.820. The standard InChI is InChI=1S/C17H29N/c1-4-7-13-18(14-8-5-2)15-17-11-9-16(6-3)10-12-17/h9-12H,4-8,13-15H2,1-3H3. The zero-order chi connectivity index (χ0) is 13.2. The molecule has 102 valence electrons. The van der Waals surface area contributed by atoms with Crippen molar-refractivity contribution in [3.8, 4) is 0 Å². The maximum absolute atomic E-state index is 2.61. The molecule has 0 saturated carbocycles. The molecular weight excluding hydrogens is 218 g/mol. The van der Waals surface area contributed by atoms with Crippen molar-refractivity contribution in [3.05, 3.63) is 35.4 Å². The van der Waals surface area contributed by atoms with Crippen LogP contribution in [0.2, 0.25) is 0 Å². The molecule has 1 aromatic carbocycles. The zero-order valence-corrected chi connectivity index (χ0v) is 12.4. The second kappa shape index (κ2) is 9.16. The Morgan fingerprint density at radius 3 is 1.72 bits per heavy atom. The van der Waals surface area contributed by atoms with Gasteiger partial charge in [-0.3, -0.25) is 4.90 Å². The molecule has 0 bridgehead atoms. The van der Waals surface area contributed by atoms with Crippen molar-refractivity contribution < 1.29 is 0 Å². The summed E-state index contributed by atoms with van der Waals surface area (Å²) < 4.78 is 0. The normalized spacial score (nSPS) is 11.1. The van der Waals surface area contributed by atoms with E-state index >= 15 is 0 Å². The van der Waals surface area contributed by atoms with E-state index in [-0.39, 0.29) is 0 Å². The van der Waals surface area contributed by atoms with E-state index in [9.17, 15) is 0 Å². The summed E-state index contributed by atoms with van der Waals surface area (Å²) in [5, 5.41) is 0. The summed E-state index contributed by atoms with van der Waals surface area (Å²) >= 11 is 0. The monoisotopic (exact) mass is 247 g/mol. The summed E-state index contributed by atoms with van der Waals surface area (Å²) in [5.41, 5.74) is 2.90. The minimum atomic E-state index is 1.12. The molecule has 0 aliphatic heterocycles. The third-order valence-electron chi connectivity index (χ3n) is 3.49. The summed E-state index contributed by atoms with van der Waals surface area (Å²) in [6.45, 7) is 10.4. The highest BCUT2D eigenvalue weighted by atomic mass is 15.1. The molecule has 1 rings (SSSR count). The molecule has 0 fully saturated rings. The van der Waals surface area contributed by atoms with Crippen LogP contribution in [0.4, 0.5) is 0 Å². The Kier molecular flexibility index (Phi) is 7.75. The zero-order valence-electron chi connectivity index (χ0n) is 12.4. The second-order valence-electron chi connectivity index (χ2n) is 5.15. The van der Waals surface area contributed by atoms with Gasteiger partial charge in [0.25, 0.3) is 0 Å². The summed E-state index contributed by atoms with van der Waals surface area (Å²) in [5.74, 6) is 0. The van der Waals surface area contributed by atoms with Gasteiger partial charge >= 0.3 is 0 Å². The van der Waals surface area contributed by atoms with Crippen LogP contribution in [0, 0.1) is 0 Å². The summed E-state index contributed by atoms with van der Waals surface area (Å²) in [6.07, 6.45) is 6.35. The van der Waals surface area contributed by atoms with Gasteiger partial charge in [-0.2, -0.15) is 0 Å². The number of hydrogen-bond acceptors (Lipinski definition) is 1. The second-order valence-corrected chi connectivity index (χ2v) is 5.15. The molecule has 0 heterocycles. The molecule has 0 aliphatic carbocycles. The first-order valence-corrected chi connectivity index (χ1v) is 7.60. The van der Waals surface area contributed by atoms with Crippen molar-refractivity contribution in [2.45, 2.75) is 59.4 Å². The van der Waals surface area contributed by atoms with Crippen LogP contribution in [0.5, 0.6) is 0 Å². The fraction of sp³-hybridized carbons (Fsp3) is 0.647. The van der Waals surface area contributed by atoms with Gasteiger partial charge in [0, 0.05) is 6.54 Å². The number of rotatable bonds is 9. The van der Waals surface area contributed by atoms with Crippen LogP contribution in [0.3, 0.4) is 0 Å². The fourth-order valence-corrected chi connectivity index (χ4v) is 2.17. The molecule has 18 heavy (non-hydrogen) atoms. The predicted molar refractivity (Wildman–Crippen MR) is 80.9 cm³/mol. The van der Waals surface area contributed by atoms with Crippen LogP contribution in [0.15, 0.2) is 24.3 Å². The average Bonchev–Trinajstić information content (AvgIpc) is 2.42. The van der Waals surface area contributed by atoms with Gasteiger partial charge in [-0.15, -0.1) is 0 Å². The predicted octanol–water partition coefficient (Wildman–Crippen LogP) is 4.65. The molecule has 0 spiro atoms. The lowest BCUT2D eigenvalue weighted by molar-refractivity contribution is 0.257. The fourth-order valence-electron chi connectivity index (χ4n) is 2.17. The van der Waals surface area contributed by atoms with Gasteiger partial charge in [-0.25, -0.2) is 0 Å². The lowest BCUT2D eigenvalue weighted by atomic mass is 10.1. The molecule has 1 aromatic rings. The average molecular weight is 247 g/mol. The van der Waals surface area contributed by atoms with E-state index in [0.29, 0.717) is 0 Å². The summed E-state index contributed by atoms with van der Waals surface area (Å²) in [4.78, 5) is 2.61. The Labute approximate surface area is 113 Å². The van der Waals surface area contributed by atoms with E-state index in [4.69, 9.17) is 0 Å². The largest absolute Gasteiger partial charge is 0.299 e. The molecule has 0 amide bonds. The van der Waals surface area contributed by atoms with Gasteiger partial charge < -0.3 is 0 Å². The van der Waals surface area contributed by atoms with Crippen LogP contribution in [0.1, 0.15) is 57.6 Å². The molecule has 0 N–H and O–H groups in total. The van der Waals surface area contributed by atoms with Gasteiger partial charge in [-0.1, -0.05) is 57.9 Å². The number of benzene rings is 1. The molecule has 0 radical (unpaired) electrons. The smallest absolute Gasteiger partial charge is 0.0233 e. The Balaban J connectivity index is 2.51. The lowest BCUT2D eigenvalue weighted by Crippen LogP contribution is -2.25. The maximum Gasteiger partial charge on any atom is 0.0233 e. The number of hydrogen-bond donors (Lipinski definition) is 0. The maximum atomic E-state index is 2.61. The van der Waals surface area contributed by atoms with E-state index < -0.39 is 0 Å². The summed E-state index contributed by atoms with van der Waals surface area (Å²) in [7, 11) is 0. The van der Waals surface area contributed by atoms with E-state index in [1.165, 1.54) is 49.9 Å². The van der Waals surface area contributed by atoms with Crippen molar-refractivity contribution in [2.24, 2.45) is 0 Å². The third kappa shape index (κ3) is 5.68.